The zero-order chi connectivity index (χ0) is 76.2. The number of hydrogen-bond acceptors (Lipinski definition) is 9. The third-order valence-electron chi connectivity index (χ3n) is 24.2. The van der Waals surface area contributed by atoms with Gasteiger partial charge in [0.2, 0.25) is 0 Å². The minimum Gasteiger partial charge on any atom is -0.462 e. The molecule has 9 heteroatoms. The molecule has 0 heterocycles. The zero-order valence-corrected chi connectivity index (χ0v) is 72.9. The van der Waals surface area contributed by atoms with E-state index in [9.17, 15) is 14.4 Å². The van der Waals surface area contributed by atoms with Crippen molar-refractivity contribution in [3.63, 3.8) is 0 Å². The SMILES string of the molecule is CCCCCCCCCCCCN(CCCCCCCCCCCC)CCC(CC)OC(=O)C1CC(C(=O)OC(CC)CCN(CCCCCCCCCCCC)CCCCCCCCCCCC)CC(C(=O)OC(CC)CCN(CCCCCCCCCCCC)CCCCCCCCCCCC)C1. The van der Waals surface area contributed by atoms with Gasteiger partial charge in [-0.1, -0.05) is 409 Å². The summed E-state index contributed by atoms with van der Waals surface area (Å²) in [7, 11) is 0. The molecule has 1 saturated carbocycles. The van der Waals surface area contributed by atoms with E-state index in [-0.39, 0.29) is 36.2 Å². The molecule has 0 saturated heterocycles. The van der Waals surface area contributed by atoms with Crippen molar-refractivity contribution < 1.29 is 28.6 Å². The molecule has 0 N–H and O–H groups in total. The smallest absolute Gasteiger partial charge is 0.309 e. The predicted molar refractivity (Wildman–Crippen MR) is 459 cm³/mol. The minimum absolute atomic E-state index is 0.209. The summed E-state index contributed by atoms with van der Waals surface area (Å²) in [6.07, 6.45) is 85.6. The van der Waals surface area contributed by atoms with Gasteiger partial charge < -0.3 is 28.9 Å². The monoisotopic (exact) mass is 1480 g/mol. The second-order valence-corrected chi connectivity index (χ2v) is 34.2. The van der Waals surface area contributed by atoms with Crippen LogP contribution in [-0.2, 0) is 28.6 Å². The van der Waals surface area contributed by atoms with Crippen LogP contribution in [0.4, 0.5) is 0 Å². The average Bonchev–Trinajstić information content (AvgIpc) is 0.820. The molecule has 0 aliphatic heterocycles. The van der Waals surface area contributed by atoms with Crippen LogP contribution in [0, 0.1) is 17.8 Å². The number of unbranched alkanes of at least 4 members (excludes halogenated alkanes) is 54. The summed E-state index contributed by atoms with van der Waals surface area (Å²) in [4.78, 5) is 52.7. The Bertz CT molecular complexity index is 1520. The van der Waals surface area contributed by atoms with E-state index in [1.807, 2.05) is 0 Å². The topological polar surface area (TPSA) is 88.6 Å². The largest absolute Gasteiger partial charge is 0.462 e. The molecule has 0 aromatic heterocycles. The van der Waals surface area contributed by atoms with Gasteiger partial charge in [0.15, 0.2) is 0 Å². The zero-order valence-electron chi connectivity index (χ0n) is 72.9. The first kappa shape index (κ1) is 101. The second kappa shape index (κ2) is 79.0. The third-order valence-corrected chi connectivity index (χ3v) is 24.2. The first-order chi connectivity index (χ1) is 51.6. The Morgan fingerprint density at radius 3 is 0.476 bits per heavy atom. The van der Waals surface area contributed by atoms with Crippen LogP contribution >= 0.6 is 0 Å². The number of rotatable bonds is 84. The predicted octanol–water partition coefficient (Wildman–Crippen LogP) is 29.6. The van der Waals surface area contributed by atoms with E-state index in [1.54, 1.807) is 0 Å². The van der Waals surface area contributed by atoms with Gasteiger partial charge in [-0.2, -0.15) is 0 Å². The molecule has 9 nitrogen and oxygen atoms in total. The standard InChI is InChI=1S/C96H189N3O6/c1-10-19-25-31-37-43-49-55-61-67-76-97(77-68-62-56-50-44-38-32-26-20-11-2)82-73-91(16-7)103-94(100)88-85-89(95(101)104-92(17-8)74-83-98(78-69-63-57-51-45-39-33-27-21-12-3)79-70-64-58-52-46-40-34-28-22-13-4)87-90(86-88)96(102)105-93(18-9)75-84-99(80-71-65-59-53-47-41-35-29-23-14-5)81-72-66-60-54-48-42-36-30-24-15-6/h88-93H,10-87H2,1-9H3. The molecule has 1 aliphatic carbocycles. The van der Waals surface area contributed by atoms with E-state index in [1.165, 1.54) is 385 Å². The van der Waals surface area contributed by atoms with E-state index in [0.29, 0.717) is 19.3 Å². The average molecular weight is 1480 g/mol. The van der Waals surface area contributed by atoms with E-state index < -0.39 is 17.8 Å². The number of nitrogens with zero attached hydrogens (tertiary/aromatic N) is 3. The summed E-state index contributed by atoms with van der Waals surface area (Å²) < 4.78 is 19.9. The van der Waals surface area contributed by atoms with Crippen LogP contribution in [0.1, 0.15) is 505 Å². The highest BCUT2D eigenvalue weighted by atomic mass is 16.6. The molecule has 624 valence electrons. The molecule has 3 atom stereocenters. The fourth-order valence-corrected chi connectivity index (χ4v) is 16.6. The quantitative estimate of drug-likeness (QED) is 0.0336. The van der Waals surface area contributed by atoms with Crippen LogP contribution in [0.3, 0.4) is 0 Å². The summed E-state index contributed by atoms with van der Waals surface area (Å²) in [6, 6.07) is 0. The normalized spacial score (nSPS) is 15.7. The molecule has 1 rings (SSSR count). The van der Waals surface area contributed by atoms with E-state index in [0.717, 1.165) is 97.4 Å². The molecule has 0 bridgehead atoms. The molecular formula is C96H189N3O6. The van der Waals surface area contributed by atoms with Crippen molar-refractivity contribution in [2.75, 3.05) is 58.9 Å². The van der Waals surface area contributed by atoms with Crippen LogP contribution in [0.5, 0.6) is 0 Å². The van der Waals surface area contributed by atoms with E-state index in [4.69, 9.17) is 14.2 Å². The molecule has 0 aromatic rings. The van der Waals surface area contributed by atoms with Gasteiger partial charge in [0.1, 0.15) is 18.3 Å². The second-order valence-electron chi connectivity index (χ2n) is 34.2. The minimum atomic E-state index is -0.562. The molecule has 0 radical (unpaired) electrons. The summed E-state index contributed by atoms with van der Waals surface area (Å²) in [5.41, 5.74) is 0. The Labute approximate surface area is 658 Å². The fourth-order valence-electron chi connectivity index (χ4n) is 16.6. The first-order valence-corrected chi connectivity index (χ1v) is 48.4. The van der Waals surface area contributed by atoms with E-state index in [2.05, 4.69) is 77.0 Å². The van der Waals surface area contributed by atoms with Crippen LogP contribution < -0.4 is 0 Å². The van der Waals surface area contributed by atoms with Gasteiger partial charge in [0.25, 0.3) is 0 Å². The Morgan fingerprint density at radius 1 is 0.210 bits per heavy atom. The number of hydrogen-bond donors (Lipinski definition) is 0. The van der Waals surface area contributed by atoms with Crippen molar-refractivity contribution in [3.8, 4) is 0 Å². The maximum absolute atomic E-state index is 14.9. The fraction of sp³-hybridized carbons (Fsp3) is 0.969. The van der Waals surface area contributed by atoms with Crippen molar-refractivity contribution in [2.45, 2.75) is 524 Å². The lowest BCUT2D eigenvalue weighted by Crippen LogP contribution is -2.40. The molecule has 0 spiro atoms. The van der Waals surface area contributed by atoms with Crippen molar-refractivity contribution in [3.05, 3.63) is 0 Å². The van der Waals surface area contributed by atoms with Crippen LogP contribution in [-0.4, -0.2) is 110 Å². The Kier molecular flexibility index (Phi) is 76.2. The number of carbonyl (C=O) groups excluding carboxylic acids is 3. The summed E-state index contributed by atoms with van der Waals surface area (Å²) in [6.45, 7) is 29.8. The molecule has 1 fully saturated rings. The van der Waals surface area contributed by atoms with Crippen molar-refractivity contribution in [1.82, 2.24) is 14.7 Å². The molecule has 3 unspecified atom stereocenters. The van der Waals surface area contributed by atoms with Crippen LogP contribution in [0.25, 0.3) is 0 Å². The molecule has 1 aliphatic rings. The number of carbonyl (C=O) groups is 3. The molecule has 0 amide bonds. The lowest BCUT2D eigenvalue weighted by Gasteiger charge is -2.34. The maximum Gasteiger partial charge on any atom is 0.309 e. The van der Waals surface area contributed by atoms with Gasteiger partial charge in [-0.15, -0.1) is 0 Å². The lowest BCUT2D eigenvalue weighted by molar-refractivity contribution is -0.167. The van der Waals surface area contributed by atoms with Crippen molar-refractivity contribution >= 4 is 17.9 Å². The highest BCUT2D eigenvalue weighted by Gasteiger charge is 2.42. The maximum atomic E-state index is 14.9. The molecular weight excluding hydrogens is 1290 g/mol. The summed E-state index contributed by atoms with van der Waals surface area (Å²) in [5, 5.41) is 0. The number of ether oxygens (including phenoxy) is 3. The van der Waals surface area contributed by atoms with Gasteiger partial charge in [-0.05, 0) is 136 Å². The number of esters is 3. The van der Waals surface area contributed by atoms with Crippen LogP contribution in [0.2, 0.25) is 0 Å². The Morgan fingerprint density at radius 2 is 0.343 bits per heavy atom. The molecule has 105 heavy (non-hydrogen) atoms. The summed E-state index contributed by atoms with van der Waals surface area (Å²) >= 11 is 0. The Balaban J connectivity index is 3.38. The van der Waals surface area contributed by atoms with Gasteiger partial charge in [0, 0.05) is 19.6 Å². The third kappa shape index (κ3) is 63.5. The van der Waals surface area contributed by atoms with Gasteiger partial charge >= 0.3 is 17.9 Å². The van der Waals surface area contributed by atoms with Crippen LogP contribution in [0.15, 0.2) is 0 Å². The Hall–Kier alpha value is -1.71. The first-order valence-electron chi connectivity index (χ1n) is 48.4. The highest BCUT2D eigenvalue weighted by Crippen LogP contribution is 2.37. The van der Waals surface area contributed by atoms with Gasteiger partial charge in [0.05, 0.1) is 17.8 Å². The van der Waals surface area contributed by atoms with Crippen molar-refractivity contribution in [2.24, 2.45) is 17.8 Å². The lowest BCUT2D eigenvalue weighted by atomic mass is 9.75. The van der Waals surface area contributed by atoms with Gasteiger partial charge in [-0.25, -0.2) is 0 Å². The van der Waals surface area contributed by atoms with E-state index >= 15 is 0 Å². The van der Waals surface area contributed by atoms with Crippen molar-refractivity contribution in [1.29, 1.82) is 0 Å². The highest BCUT2D eigenvalue weighted by molar-refractivity contribution is 5.80. The molecule has 0 aromatic carbocycles. The van der Waals surface area contributed by atoms with Gasteiger partial charge in [-0.3, -0.25) is 14.4 Å². The summed E-state index contributed by atoms with van der Waals surface area (Å²) in [5.74, 6) is -2.41.